The van der Waals surface area contributed by atoms with E-state index in [2.05, 4.69) is 16.9 Å². The lowest BCUT2D eigenvalue weighted by molar-refractivity contribution is 0.432. The third-order valence-electron chi connectivity index (χ3n) is 3.93. The Hall–Kier alpha value is -2.70. The second-order valence-corrected chi connectivity index (χ2v) is 5.37. The molecule has 1 aromatic heterocycles. The smallest absolute Gasteiger partial charge is 0.164 e. The van der Waals surface area contributed by atoms with Gasteiger partial charge in [0.2, 0.25) is 0 Å². The van der Waals surface area contributed by atoms with E-state index in [0.717, 1.165) is 12.5 Å². The Kier molecular flexibility index (Phi) is 4.78. The van der Waals surface area contributed by atoms with Crippen molar-refractivity contribution in [2.45, 2.75) is 26.3 Å². The fraction of sp³-hybridized carbons (Fsp3) is 0.312. The van der Waals surface area contributed by atoms with Crippen molar-refractivity contribution in [3.8, 4) is 5.75 Å². The molecular formula is C16H20FN5O. The summed E-state index contributed by atoms with van der Waals surface area (Å²) in [5, 5.41) is 17.9. The topological polar surface area (TPSA) is 99.1 Å². The lowest BCUT2D eigenvalue weighted by atomic mass is 10.0. The highest BCUT2D eigenvalue weighted by Crippen LogP contribution is 2.27. The van der Waals surface area contributed by atoms with Crippen LogP contribution in [0.25, 0.3) is 0 Å². The zero-order chi connectivity index (χ0) is 17.1. The zero-order valence-corrected chi connectivity index (χ0v) is 13.3. The summed E-state index contributed by atoms with van der Waals surface area (Å²) in [7, 11) is 1.87. The number of phenolic OH excluding ortho intramolecular Hbond substituents is 1. The number of nitrogen functional groups attached to an aromatic ring is 1. The molecule has 0 aliphatic heterocycles. The predicted molar refractivity (Wildman–Crippen MR) is 88.6 cm³/mol. The van der Waals surface area contributed by atoms with Gasteiger partial charge in [0, 0.05) is 18.7 Å². The van der Waals surface area contributed by atoms with Gasteiger partial charge in [-0.1, -0.05) is 6.92 Å². The van der Waals surface area contributed by atoms with E-state index in [9.17, 15) is 9.50 Å². The van der Waals surface area contributed by atoms with Crippen molar-refractivity contribution in [2.75, 3.05) is 17.7 Å². The number of hydrogen-bond acceptors (Lipinski definition) is 6. The Morgan fingerprint density at radius 2 is 2.13 bits per heavy atom. The van der Waals surface area contributed by atoms with Crippen molar-refractivity contribution in [3.63, 3.8) is 0 Å². The normalized spacial score (nSPS) is 12.0. The van der Waals surface area contributed by atoms with Crippen LogP contribution < -0.4 is 10.6 Å². The second-order valence-electron chi connectivity index (χ2n) is 5.37. The van der Waals surface area contributed by atoms with Gasteiger partial charge in [-0.25, -0.2) is 14.4 Å². The van der Waals surface area contributed by atoms with Gasteiger partial charge in [0.15, 0.2) is 11.6 Å². The lowest BCUT2D eigenvalue weighted by Crippen LogP contribution is -2.31. The van der Waals surface area contributed by atoms with Crippen LogP contribution in [0.2, 0.25) is 0 Å². The van der Waals surface area contributed by atoms with Crippen LogP contribution in [-0.4, -0.2) is 33.9 Å². The fourth-order valence-electron chi connectivity index (χ4n) is 2.19. The highest BCUT2D eigenvalue weighted by Gasteiger charge is 2.21. The van der Waals surface area contributed by atoms with Crippen molar-refractivity contribution in [1.29, 1.82) is 5.41 Å². The number of hydrogen-bond donors (Lipinski definition) is 3. The number of halogens is 1. The van der Waals surface area contributed by atoms with Gasteiger partial charge < -0.3 is 15.7 Å². The molecule has 4 N–H and O–H groups in total. The molecule has 1 unspecified atom stereocenters. The van der Waals surface area contributed by atoms with Gasteiger partial charge >= 0.3 is 0 Å². The van der Waals surface area contributed by atoms with E-state index < -0.39 is 11.6 Å². The van der Waals surface area contributed by atoms with E-state index in [0.29, 0.717) is 16.9 Å². The molecule has 0 amide bonds. The van der Waals surface area contributed by atoms with E-state index in [1.54, 1.807) is 0 Å². The summed E-state index contributed by atoms with van der Waals surface area (Å²) >= 11 is 0. The molecule has 0 saturated carbocycles. The molecule has 1 aromatic carbocycles. The fourth-order valence-corrected chi connectivity index (χ4v) is 2.19. The van der Waals surface area contributed by atoms with Crippen LogP contribution in [0.15, 0.2) is 24.5 Å². The van der Waals surface area contributed by atoms with Gasteiger partial charge in [-0.2, -0.15) is 0 Å². The summed E-state index contributed by atoms with van der Waals surface area (Å²) in [6, 6.07) is 3.91. The van der Waals surface area contributed by atoms with Gasteiger partial charge in [0.25, 0.3) is 0 Å². The Morgan fingerprint density at radius 1 is 1.43 bits per heavy atom. The number of nitrogens with zero attached hydrogens (tertiary/aromatic N) is 3. The van der Waals surface area contributed by atoms with Crippen molar-refractivity contribution in [1.82, 2.24) is 9.97 Å². The van der Waals surface area contributed by atoms with Crippen LogP contribution in [-0.2, 0) is 0 Å². The second kappa shape index (κ2) is 6.60. The lowest BCUT2D eigenvalue weighted by Gasteiger charge is -2.27. The maximum absolute atomic E-state index is 13.2. The van der Waals surface area contributed by atoms with Crippen LogP contribution >= 0.6 is 0 Å². The molecule has 0 fully saturated rings. The number of anilines is 2. The SMILES string of the molecule is CCC(C)N(C)c1ncnc(N)c1C(=N)c1ccc(F)c(O)c1. The van der Waals surface area contributed by atoms with E-state index in [-0.39, 0.29) is 17.6 Å². The number of aromatic nitrogens is 2. The molecule has 122 valence electrons. The van der Waals surface area contributed by atoms with Crippen LogP contribution in [0.3, 0.4) is 0 Å². The molecule has 1 heterocycles. The number of nitrogens with two attached hydrogens (primary N) is 1. The number of benzene rings is 1. The standard InChI is InChI=1S/C16H20FN5O/c1-4-9(2)22(3)16-13(15(19)20-8-21-16)14(18)10-5-6-11(17)12(23)7-10/h5-9,18,23H,4H2,1-3H3,(H2,19,20,21). The maximum Gasteiger partial charge on any atom is 0.164 e. The first kappa shape index (κ1) is 16.7. The summed E-state index contributed by atoms with van der Waals surface area (Å²) in [6.45, 7) is 4.09. The maximum atomic E-state index is 13.2. The molecular weight excluding hydrogens is 297 g/mol. The summed E-state index contributed by atoms with van der Waals surface area (Å²) in [5.41, 5.74) is 6.68. The monoisotopic (exact) mass is 317 g/mol. The molecule has 1 atom stereocenters. The molecule has 7 heteroatoms. The molecule has 0 bridgehead atoms. The summed E-state index contributed by atoms with van der Waals surface area (Å²) in [6.07, 6.45) is 2.24. The van der Waals surface area contributed by atoms with Gasteiger partial charge in [0.05, 0.1) is 11.3 Å². The third kappa shape index (κ3) is 3.23. The highest BCUT2D eigenvalue weighted by molar-refractivity contribution is 6.16. The third-order valence-corrected chi connectivity index (χ3v) is 3.93. The Labute approximate surface area is 134 Å². The quantitative estimate of drug-likeness (QED) is 0.736. The predicted octanol–water partition coefficient (Wildman–Crippen LogP) is 2.55. The first-order valence-electron chi connectivity index (χ1n) is 7.27. The minimum Gasteiger partial charge on any atom is -0.505 e. The van der Waals surface area contributed by atoms with E-state index in [4.69, 9.17) is 11.1 Å². The first-order chi connectivity index (χ1) is 10.9. The summed E-state index contributed by atoms with van der Waals surface area (Å²) in [5.74, 6) is -0.560. The molecule has 0 spiro atoms. The minimum atomic E-state index is -0.740. The van der Waals surface area contributed by atoms with Gasteiger partial charge in [-0.05, 0) is 31.5 Å². The number of nitrogens with one attached hydrogen (secondary N) is 1. The molecule has 0 radical (unpaired) electrons. The van der Waals surface area contributed by atoms with Crippen molar-refractivity contribution >= 4 is 17.3 Å². The molecule has 2 rings (SSSR count). The first-order valence-corrected chi connectivity index (χ1v) is 7.27. The van der Waals surface area contributed by atoms with E-state index in [1.165, 1.54) is 18.5 Å². The average Bonchev–Trinajstić information content (AvgIpc) is 2.55. The number of phenols is 1. The van der Waals surface area contributed by atoms with Crippen LogP contribution in [0.5, 0.6) is 5.75 Å². The highest BCUT2D eigenvalue weighted by atomic mass is 19.1. The van der Waals surface area contributed by atoms with Crippen molar-refractivity contribution < 1.29 is 9.50 Å². The number of rotatable bonds is 5. The van der Waals surface area contributed by atoms with Gasteiger partial charge in [0.1, 0.15) is 18.0 Å². The van der Waals surface area contributed by atoms with Gasteiger partial charge in [-0.3, -0.25) is 5.41 Å². The largest absolute Gasteiger partial charge is 0.505 e. The molecule has 0 aliphatic carbocycles. The van der Waals surface area contributed by atoms with Crippen LogP contribution in [0, 0.1) is 11.2 Å². The Bertz CT molecular complexity index is 734. The van der Waals surface area contributed by atoms with Crippen LogP contribution in [0.4, 0.5) is 16.0 Å². The van der Waals surface area contributed by atoms with Crippen molar-refractivity contribution in [2.24, 2.45) is 0 Å². The van der Waals surface area contributed by atoms with E-state index >= 15 is 0 Å². The molecule has 2 aromatic rings. The summed E-state index contributed by atoms with van der Waals surface area (Å²) in [4.78, 5) is 10.1. The molecule has 23 heavy (non-hydrogen) atoms. The minimum absolute atomic E-state index is 0.0311. The average molecular weight is 317 g/mol. The van der Waals surface area contributed by atoms with E-state index in [1.807, 2.05) is 18.9 Å². The number of aromatic hydroxyl groups is 1. The molecule has 0 saturated heterocycles. The van der Waals surface area contributed by atoms with Gasteiger partial charge in [-0.15, -0.1) is 0 Å². The van der Waals surface area contributed by atoms with Crippen LogP contribution in [0.1, 0.15) is 31.4 Å². The molecule has 0 aliphatic rings. The zero-order valence-electron chi connectivity index (χ0n) is 13.3. The van der Waals surface area contributed by atoms with Crippen molar-refractivity contribution in [3.05, 3.63) is 41.5 Å². The molecule has 6 nitrogen and oxygen atoms in total. The Morgan fingerprint density at radius 3 is 2.74 bits per heavy atom. The summed E-state index contributed by atoms with van der Waals surface area (Å²) < 4.78 is 13.2. The Balaban J connectivity index is 2.53.